The van der Waals surface area contributed by atoms with Crippen molar-refractivity contribution in [2.45, 2.75) is 24.8 Å². The molecule has 0 spiro atoms. The maximum Gasteiger partial charge on any atom is 0.319 e. The second-order valence-electron chi connectivity index (χ2n) is 4.38. The topological polar surface area (TPSA) is 38.3 Å². The zero-order chi connectivity index (χ0) is 12.3. The molecule has 0 saturated heterocycles. The summed E-state index contributed by atoms with van der Waals surface area (Å²) < 4.78 is 4.58. The van der Waals surface area contributed by atoms with Crippen LogP contribution in [0.25, 0.3) is 0 Å². The smallest absolute Gasteiger partial charge is 0.319 e. The molecular weight excluding hydrogens is 238 g/mol. The minimum Gasteiger partial charge on any atom is -0.468 e. The van der Waals surface area contributed by atoms with Crippen molar-refractivity contribution in [3.05, 3.63) is 34.9 Å². The van der Waals surface area contributed by atoms with Gasteiger partial charge in [-0.25, -0.2) is 0 Å². The SMILES string of the molecule is COC(=O)CNC1CC(c2cccc(Cl)c2)C1. The monoisotopic (exact) mass is 253 g/mol. The van der Waals surface area contributed by atoms with Gasteiger partial charge in [-0.2, -0.15) is 0 Å². The van der Waals surface area contributed by atoms with Crippen LogP contribution in [-0.2, 0) is 9.53 Å². The highest BCUT2D eigenvalue weighted by molar-refractivity contribution is 6.30. The van der Waals surface area contributed by atoms with E-state index in [-0.39, 0.29) is 5.97 Å². The average Bonchev–Trinajstić information content (AvgIpc) is 2.26. The van der Waals surface area contributed by atoms with Crippen molar-refractivity contribution in [2.75, 3.05) is 13.7 Å². The van der Waals surface area contributed by atoms with Crippen LogP contribution in [0.1, 0.15) is 24.3 Å². The molecule has 0 aliphatic heterocycles. The van der Waals surface area contributed by atoms with E-state index in [1.165, 1.54) is 12.7 Å². The molecule has 0 aromatic heterocycles. The van der Waals surface area contributed by atoms with Crippen LogP contribution in [-0.4, -0.2) is 25.7 Å². The molecule has 1 aliphatic carbocycles. The lowest BCUT2D eigenvalue weighted by Gasteiger charge is -2.36. The summed E-state index contributed by atoms with van der Waals surface area (Å²) in [5.74, 6) is 0.347. The highest BCUT2D eigenvalue weighted by Gasteiger charge is 2.30. The van der Waals surface area contributed by atoms with Gasteiger partial charge in [0.05, 0.1) is 13.7 Å². The van der Waals surface area contributed by atoms with Gasteiger partial charge in [0.25, 0.3) is 0 Å². The number of halogens is 1. The lowest BCUT2D eigenvalue weighted by atomic mass is 9.76. The second-order valence-corrected chi connectivity index (χ2v) is 4.81. The van der Waals surface area contributed by atoms with Gasteiger partial charge in [-0.15, -0.1) is 0 Å². The second kappa shape index (κ2) is 5.52. The molecule has 0 atom stereocenters. The summed E-state index contributed by atoms with van der Waals surface area (Å²) >= 11 is 5.95. The van der Waals surface area contributed by atoms with Gasteiger partial charge in [-0.3, -0.25) is 4.79 Å². The van der Waals surface area contributed by atoms with Crippen molar-refractivity contribution in [1.82, 2.24) is 5.32 Å². The van der Waals surface area contributed by atoms with Crippen molar-refractivity contribution in [3.63, 3.8) is 0 Å². The summed E-state index contributed by atoms with van der Waals surface area (Å²) in [5, 5.41) is 3.96. The fourth-order valence-corrected chi connectivity index (χ4v) is 2.32. The first-order valence-electron chi connectivity index (χ1n) is 5.74. The lowest BCUT2D eigenvalue weighted by Crippen LogP contribution is -2.42. The molecule has 1 N–H and O–H groups in total. The van der Waals surface area contributed by atoms with Gasteiger partial charge in [-0.05, 0) is 36.5 Å². The Balaban J connectivity index is 1.77. The number of hydrogen-bond acceptors (Lipinski definition) is 3. The van der Waals surface area contributed by atoms with Gasteiger partial charge in [0, 0.05) is 11.1 Å². The van der Waals surface area contributed by atoms with Crippen LogP contribution >= 0.6 is 11.6 Å². The van der Waals surface area contributed by atoms with Gasteiger partial charge < -0.3 is 10.1 Å². The molecule has 0 bridgehead atoms. The number of carbonyl (C=O) groups is 1. The summed E-state index contributed by atoms with van der Waals surface area (Å²) in [5.41, 5.74) is 1.29. The fourth-order valence-electron chi connectivity index (χ4n) is 2.12. The van der Waals surface area contributed by atoms with Gasteiger partial charge in [0.2, 0.25) is 0 Å². The number of nitrogens with one attached hydrogen (secondary N) is 1. The van der Waals surface area contributed by atoms with Crippen LogP contribution in [0.3, 0.4) is 0 Å². The summed E-state index contributed by atoms with van der Waals surface area (Å²) in [6.45, 7) is 0.295. The Hall–Kier alpha value is -1.06. The molecule has 0 radical (unpaired) electrons. The number of methoxy groups -OCH3 is 1. The predicted octanol–water partition coefficient (Wildman–Crippen LogP) is 2.35. The van der Waals surface area contributed by atoms with Crippen LogP contribution in [0.15, 0.2) is 24.3 Å². The average molecular weight is 254 g/mol. The summed E-state index contributed by atoms with van der Waals surface area (Å²) in [4.78, 5) is 11.0. The Kier molecular flexibility index (Phi) is 4.02. The first-order valence-corrected chi connectivity index (χ1v) is 6.12. The molecule has 1 fully saturated rings. The summed E-state index contributed by atoms with van der Waals surface area (Å²) in [6.07, 6.45) is 2.11. The Morgan fingerprint density at radius 1 is 1.53 bits per heavy atom. The number of ether oxygens (including phenoxy) is 1. The van der Waals surface area contributed by atoms with Crippen LogP contribution in [0.4, 0.5) is 0 Å². The minimum atomic E-state index is -0.212. The lowest BCUT2D eigenvalue weighted by molar-refractivity contribution is -0.139. The molecule has 1 aromatic rings. The molecule has 3 nitrogen and oxygen atoms in total. The largest absolute Gasteiger partial charge is 0.468 e. The Bertz CT molecular complexity index is 402. The highest BCUT2D eigenvalue weighted by Crippen LogP contribution is 2.37. The Labute approximate surface area is 106 Å². The quantitative estimate of drug-likeness (QED) is 0.838. The molecule has 2 rings (SSSR count). The molecule has 92 valence electrons. The van der Waals surface area contributed by atoms with Gasteiger partial charge in [0.1, 0.15) is 0 Å². The van der Waals surface area contributed by atoms with E-state index in [9.17, 15) is 4.79 Å². The normalized spacial score (nSPS) is 22.9. The van der Waals surface area contributed by atoms with Gasteiger partial charge >= 0.3 is 5.97 Å². The molecule has 0 amide bonds. The van der Waals surface area contributed by atoms with E-state index in [2.05, 4.69) is 16.1 Å². The first-order chi connectivity index (χ1) is 8.19. The van der Waals surface area contributed by atoms with Crippen LogP contribution in [0, 0.1) is 0 Å². The third-order valence-corrected chi connectivity index (χ3v) is 3.46. The van der Waals surface area contributed by atoms with Crippen LogP contribution in [0.2, 0.25) is 5.02 Å². The van der Waals surface area contributed by atoms with E-state index < -0.39 is 0 Å². The number of hydrogen-bond donors (Lipinski definition) is 1. The van der Waals surface area contributed by atoms with Crippen molar-refractivity contribution in [3.8, 4) is 0 Å². The maximum atomic E-state index is 11.0. The summed E-state index contributed by atoms with van der Waals surface area (Å²) in [6, 6.07) is 8.40. The van der Waals surface area contributed by atoms with Crippen molar-refractivity contribution >= 4 is 17.6 Å². The number of esters is 1. The van der Waals surface area contributed by atoms with Crippen molar-refractivity contribution in [2.24, 2.45) is 0 Å². The zero-order valence-electron chi connectivity index (χ0n) is 9.78. The standard InChI is InChI=1S/C13H16ClNO2/c1-17-13(16)8-15-12-6-10(7-12)9-3-2-4-11(14)5-9/h2-5,10,12,15H,6-8H2,1H3. The number of rotatable bonds is 4. The van der Waals surface area contributed by atoms with E-state index >= 15 is 0 Å². The molecular formula is C13H16ClNO2. The van der Waals surface area contributed by atoms with Crippen LogP contribution in [0.5, 0.6) is 0 Å². The predicted molar refractivity (Wildman–Crippen MR) is 67.2 cm³/mol. The molecule has 1 aromatic carbocycles. The van der Waals surface area contributed by atoms with E-state index in [0.717, 1.165) is 17.9 Å². The fraction of sp³-hybridized carbons (Fsp3) is 0.462. The minimum absolute atomic E-state index is 0.212. The third-order valence-electron chi connectivity index (χ3n) is 3.22. The van der Waals surface area contributed by atoms with Crippen molar-refractivity contribution < 1.29 is 9.53 Å². The molecule has 17 heavy (non-hydrogen) atoms. The number of benzene rings is 1. The van der Waals surface area contributed by atoms with Crippen LogP contribution < -0.4 is 5.32 Å². The molecule has 4 heteroatoms. The molecule has 0 unspecified atom stereocenters. The van der Waals surface area contributed by atoms with Gasteiger partial charge in [-0.1, -0.05) is 23.7 Å². The Morgan fingerprint density at radius 3 is 2.94 bits per heavy atom. The van der Waals surface area contributed by atoms with Crippen molar-refractivity contribution in [1.29, 1.82) is 0 Å². The van der Waals surface area contributed by atoms with Gasteiger partial charge in [0.15, 0.2) is 0 Å². The summed E-state index contributed by atoms with van der Waals surface area (Å²) in [7, 11) is 1.40. The van der Waals surface area contributed by atoms with E-state index in [4.69, 9.17) is 11.6 Å². The Morgan fingerprint density at radius 2 is 2.29 bits per heavy atom. The van der Waals surface area contributed by atoms with E-state index in [1.807, 2.05) is 18.2 Å². The number of carbonyl (C=O) groups excluding carboxylic acids is 1. The maximum absolute atomic E-state index is 11.0. The first kappa shape index (κ1) is 12.4. The van der Waals surface area contributed by atoms with E-state index in [0.29, 0.717) is 18.5 Å². The highest BCUT2D eigenvalue weighted by atomic mass is 35.5. The molecule has 1 saturated carbocycles. The molecule has 0 heterocycles. The van der Waals surface area contributed by atoms with E-state index in [1.54, 1.807) is 0 Å². The third kappa shape index (κ3) is 3.20. The molecule has 1 aliphatic rings. The zero-order valence-corrected chi connectivity index (χ0v) is 10.5.